The van der Waals surface area contributed by atoms with Crippen molar-refractivity contribution in [2.45, 2.75) is 85.0 Å². The molecule has 4 heteroatoms. The Morgan fingerprint density at radius 2 is 1.42 bits per heavy atom. The number of hydrogen-bond acceptors (Lipinski definition) is 3. The lowest BCUT2D eigenvalue weighted by Crippen LogP contribution is -2.09. The second kappa shape index (κ2) is 14.5. The Morgan fingerprint density at radius 1 is 0.846 bits per heavy atom. The molecule has 148 valence electrons. The predicted molar refractivity (Wildman–Crippen MR) is 109 cm³/mol. The fraction of sp³-hybridized carbons (Fsp3) is 0.682. The zero-order valence-corrected chi connectivity index (χ0v) is 16.9. The molecule has 0 aliphatic rings. The highest BCUT2D eigenvalue weighted by Crippen LogP contribution is 2.30. The van der Waals surface area contributed by atoms with Crippen LogP contribution in [-0.2, 0) is 4.79 Å². The maximum absolute atomic E-state index is 11.5. The molecule has 0 bridgehead atoms. The van der Waals surface area contributed by atoms with Gasteiger partial charge in [-0.1, -0.05) is 65.2 Å². The first-order chi connectivity index (χ1) is 12.7. The van der Waals surface area contributed by atoms with Gasteiger partial charge in [0, 0.05) is 13.0 Å². The first-order valence-corrected chi connectivity index (χ1v) is 10.3. The van der Waals surface area contributed by atoms with Crippen molar-refractivity contribution < 1.29 is 14.3 Å². The fourth-order valence-electron chi connectivity index (χ4n) is 2.80. The van der Waals surface area contributed by atoms with Gasteiger partial charge in [-0.05, 0) is 25.0 Å². The molecular weight excluding hydrogens is 326 g/mol. The van der Waals surface area contributed by atoms with Crippen molar-refractivity contribution in [3.05, 3.63) is 18.2 Å². The minimum absolute atomic E-state index is 0.102. The van der Waals surface area contributed by atoms with Crippen molar-refractivity contribution in [1.82, 2.24) is 0 Å². The maximum atomic E-state index is 11.5. The van der Waals surface area contributed by atoms with E-state index in [2.05, 4.69) is 19.2 Å². The predicted octanol–water partition coefficient (Wildman–Crippen LogP) is 6.34. The number of amides is 1. The minimum Gasteiger partial charge on any atom is -0.494 e. The molecule has 0 spiro atoms. The number of ether oxygens (including phenoxy) is 2. The van der Waals surface area contributed by atoms with Crippen molar-refractivity contribution in [2.75, 3.05) is 18.5 Å². The molecule has 1 aromatic carbocycles. The quantitative estimate of drug-likeness (QED) is 0.370. The summed E-state index contributed by atoms with van der Waals surface area (Å²) in [6.45, 7) is 7.32. The van der Waals surface area contributed by atoms with Gasteiger partial charge in [0.15, 0.2) is 0 Å². The summed E-state index contributed by atoms with van der Waals surface area (Å²) in [7, 11) is 0. The summed E-state index contributed by atoms with van der Waals surface area (Å²) >= 11 is 0. The molecule has 0 heterocycles. The number of carbonyl (C=O) groups excluding carboxylic acids is 1. The number of benzene rings is 1. The zero-order valence-electron chi connectivity index (χ0n) is 16.9. The summed E-state index contributed by atoms with van der Waals surface area (Å²) in [6.07, 6.45) is 12.1. The third-order valence-electron chi connectivity index (χ3n) is 4.28. The molecule has 0 atom stereocenters. The average Bonchev–Trinajstić information content (AvgIpc) is 2.62. The topological polar surface area (TPSA) is 47.6 Å². The summed E-state index contributed by atoms with van der Waals surface area (Å²) in [5.41, 5.74) is 0.689. The van der Waals surface area contributed by atoms with Crippen LogP contribution in [0.3, 0.4) is 0 Å². The number of hydrogen-bond donors (Lipinski definition) is 1. The van der Waals surface area contributed by atoms with Crippen LogP contribution in [0.5, 0.6) is 11.5 Å². The number of rotatable bonds is 15. The zero-order chi connectivity index (χ0) is 19.0. The Balaban J connectivity index is 2.47. The van der Waals surface area contributed by atoms with E-state index in [-0.39, 0.29) is 5.91 Å². The fourth-order valence-corrected chi connectivity index (χ4v) is 2.80. The van der Waals surface area contributed by atoms with E-state index in [1.807, 2.05) is 18.2 Å². The number of unbranched alkanes of at least 4 members (excludes halogenated alkanes) is 8. The van der Waals surface area contributed by atoms with Crippen molar-refractivity contribution in [3.8, 4) is 11.5 Å². The van der Waals surface area contributed by atoms with E-state index in [1.165, 1.54) is 58.3 Å². The molecule has 1 aromatic rings. The van der Waals surface area contributed by atoms with Crippen LogP contribution in [0.1, 0.15) is 85.0 Å². The van der Waals surface area contributed by atoms with E-state index in [1.54, 1.807) is 0 Å². The van der Waals surface area contributed by atoms with Crippen molar-refractivity contribution >= 4 is 11.6 Å². The highest BCUT2D eigenvalue weighted by atomic mass is 16.5. The molecule has 1 N–H and O–H groups in total. The van der Waals surface area contributed by atoms with Gasteiger partial charge < -0.3 is 14.8 Å². The van der Waals surface area contributed by atoms with Crippen molar-refractivity contribution in [2.24, 2.45) is 0 Å². The second-order valence-electron chi connectivity index (χ2n) is 6.86. The van der Waals surface area contributed by atoms with Gasteiger partial charge in [-0.15, -0.1) is 0 Å². The highest BCUT2D eigenvalue weighted by molar-refractivity contribution is 5.90. The lowest BCUT2D eigenvalue weighted by atomic mass is 10.2. The molecule has 0 aliphatic carbocycles. The molecule has 0 saturated carbocycles. The first-order valence-electron chi connectivity index (χ1n) is 10.3. The molecule has 0 fully saturated rings. The summed E-state index contributed by atoms with van der Waals surface area (Å²) in [5.74, 6) is 1.39. The standard InChI is InChI=1S/C22H37NO3/c1-4-6-8-10-12-16-25-20-14-15-22(21(18-20)23-19(3)24)26-17-13-11-9-7-5-2/h14-15,18H,4-13,16-17H2,1-3H3,(H,23,24). The Hall–Kier alpha value is -1.71. The summed E-state index contributed by atoms with van der Waals surface area (Å²) in [4.78, 5) is 11.5. The maximum Gasteiger partial charge on any atom is 0.221 e. The number of anilines is 1. The SMILES string of the molecule is CCCCCCCOc1ccc(OCCCCCCC)c(NC(C)=O)c1. The van der Waals surface area contributed by atoms with E-state index < -0.39 is 0 Å². The van der Waals surface area contributed by atoms with Crippen LogP contribution in [0.15, 0.2) is 18.2 Å². The van der Waals surface area contributed by atoms with Crippen LogP contribution < -0.4 is 14.8 Å². The highest BCUT2D eigenvalue weighted by Gasteiger charge is 2.08. The summed E-state index contributed by atoms with van der Waals surface area (Å²) in [5, 5.41) is 2.85. The smallest absolute Gasteiger partial charge is 0.221 e. The first kappa shape index (κ1) is 22.3. The van der Waals surface area contributed by atoms with E-state index in [0.29, 0.717) is 24.7 Å². The van der Waals surface area contributed by atoms with Crippen LogP contribution >= 0.6 is 0 Å². The van der Waals surface area contributed by atoms with Gasteiger partial charge in [0.2, 0.25) is 5.91 Å². The van der Waals surface area contributed by atoms with Crippen LogP contribution in [0.2, 0.25) is 0 Å². The van der Waals surface area contributed by atoms with Crippen LogP contribution in [0.4, 0.5) is 5.69 Å². The van der Waals surface area contributed by atoms with Gasteiger partial charge in [0.05, 0.1) is 18.9 Å². The number of nitrogens with one attached hydrogen (secondary N) is 1. The van der Waals surface area contributed by atoms with E-state index in [9.17, 15) is 4.79 Å². The minimum atomic E-state index is -0.102. The molecule has 4 nitrogen and oxygen atoms in total. The molecule has 0 unspecified atom stereocenters. The van der Waals surface area contributed by atoms with Crippen LogP contribution in [-0.4, -0.2) is 19.1 Å². The van der Waals surface area contributed by atoms with Crippen molar-refractivity contribution in [1.29, 1.82) is 0 Å². The molecule has 1 amide bonds. The third kappa shape index (κ3) is 10.3. The Bertz CT molecular complexity index is 502. The third-order valence-corrected chi connectivity index (χ3v) is 4.28. The molecule has 0 aromatic heterocycles. The molecule has 1 rings (SSSR count). The molecular formula is C22H37NO3. The van der Waals surface area contributed by atoms with Gasteiger partial charge in [-0.2, -0.15) is 0 Å². The monoisotopic (exact) mass is 363 g/mol. The lowest BCUT2D eigenvalue weighted by Gasteiger charge is -2.14. The molecule has 26 heavy (non-hydrogen) atoms. The summed E-state index contributed by atoms with van der Waals surface area (Å²) < 4.78 is 11.7. The van der Waals surface area contributed by atoms with Gasteiger partial charge in [-0.3, -0.25) is 4.79 Å². The van der Waals surface area contributed by atoms with Crippen LogP contribution in [0.25, 0.3) is 0 Å². The van der Waals surface area contributed by atoms with E-state index >= 15 is 0 Å². The van der Waals surface area contributed by atoms with Gasteiger partial charge in [0.25, 0.3) is 0 Å². The van der Waals surface area contributed by atoms with Crippen molar-refractivity contribution in [3.63, 3.8) is 0 Å². The van der Waals surface area contributed by atoms with E-state index in [0.717, 1.165) is 18.6 Å². The lowest BCUT2D eigenvalue weighted by molar-refractivity contribution is -0.114. The average molecular weight is 364 g/mol. The van der Waals surface area contributed by atoms with Gasteiger partial charge >= 0.3 is 0 Å². The van der Waals surface area contributed by atoms with Crippen LogP contribution in [0, 0.1) is 0 Å². The molecule has 0 radical (unpaired) electrons. The van der Waals surface area contributed by atoms with Gasteiger partial charge in [0.1, 0.15) is 11.5 Å². The Morgan fingerprint density at radius 3 is 2.00 bits per heavy atom. The van der Waals surface area contributed by atoms with E-state index in [4.69, 9.17) is 9.47 Å². The molecule has 0 saturated heterocycles. The summed E-state index contributed by atoms with van der Waals surface area (Å²) in [6, 6.07) is 5.67. The molecule has 0 aliphatic heterocycles. The van der Waals surface area contributed by atoms with Gasteiger partial charge in [-0.25, -0.2) is 0 Å². The number of carbonyl (C=O) groups is 1. The second-order valence-corrected chi connectivity index (χ2v) is 6.86. The normalized spacial score (nSPS) is 10.6. The Kier molecular flexibility index (Phi) is 12.4. The Labute approximate surface area is 159 Å². The largest absolute Gasteiger partial charge is 0.494 e.